The Morgan fingerprint density at radius 3 is 2.57 bits per heavy atom. The van der Waals surface area contributed by atoms with Crippen molar-refractivity contribution in [3.63, 3.8) is 0 Å². The Balaban J connectivity index is 1.22. The van der Waals surface area contributed by atoms with E-state index in [1.54, 1.807) is 0 Å². The van der Waals surface area contributed by atoms with Crippen LogP contribution in [0.3, 0.4) is 0 Å². The van der Waals surface area contributed by atoms with Gasteiger partial charge in [0.05, 0.1) is 10.4 Å². The van der Waals surface area contributed by atoms with Crippen molar-refractivity contribution in [3.05, 3.63) is 82.9 Å². The van der Waals surface area contributed by atoms with Gasteiger partial charge in [0.1, 0.15) is 0 Å². The smallest absolute Gasteiger partial charge is 0.286 e. The Hall–Kier alpha value is -2.96. The summed E-state index contributed by atoms with van der Waals surface area (Å²) in [5, 5.41) is 1.89. The topological polar surface area (TPSA) is 48.8 Å². The quantitative estimate of drug-likeness (QED) is 0.606. The number of nitrogens with zero attached hydrogens (tertiary/aromatic N) is 4. The Bertz CT molecular complexity index is 1130. The van der Waals surface area contributed by atoms with Gasteiger partial charge in [-0.3, -0.25) is 14.7 Å². The summed E-state index contributed by atoms with van der Waals surface area (Å²) in [5.41, 5.74) is 3.21. The van der Waals surface area contributed by atoms with Crippen LogP contribution in [-0.2, 0) is 11.3 Å². The van der Waals surface area contributed by atoms with Gasteiger partial charge in [-0.2, -0.15) is 4.99 Å². The highest BCUT2D eigenvalue weighted by atomic mass is 32.2. The summed E-state index contributed by atoms with van der Waals surface area (Å²) in [5.74, 6) is -0.158. The number of amides is 1. The van der Waals surface area contributed by atoms with Crippen molar-refractivity contribution in [2.24, 2.45) is 4.99 Å². The molecule has 2 aliphatic heterocycles. The summed E-state index contributed by atoms with van der Waals surface area (Å²) in [6, 6.07) is 20.6. The highest BCUT2D eigenvalue weighted by Gasteiger charge is 2.28. The molecule has 0 radical (unpaired) electrons. The van der Waals surface area contributed by atoms with Gasteiger partial charge in [0, 0.05) is 44.3 Å². The van der Waals surface area contributed by atoms with E-state index in [-0.39, 0.29) is 5.91 Å². The number of thioether (sulfide) groups is 1. The van der Waals surface area contributed by atoms with E-state index in [4.69, 9.17) is 0 Å². The van der Waals surface area contributed by atoms with Gasteiger partial charge < -0.3 is 4.90 Å². The van der Waals surface area contributed by atoms with Crippen LogP contribution in [-0.4, -0.2) is 52.0 Å². The average molecular weight is 415 g/mol. The number of aliphatic imine (C=N–C) groups is 1. The van der Waals surface area contributed by atoms with Crippen LogP contribution in [0.25, 0.3) is 17.0 Å². The molecule has 150 valence electrons. The molecular formula is C24H22N4OS. The normalized spacial score (nSPS) is 18.9. The van der Waals surface area contributed by atoms with Crippen LogP contribution in [0.4, 0.5) is 0 Å². The van der Waals surface area contributed by atoms with Crippen LogP contribution in [0.15, 0.2) is 76.8 Å². The lowest BCUT2D eigenvalue weighted by Crippen LogP contribution is -2.47. The molecular weight excluding hydrogens is 392 g/mol. The molecule has 5 rings (SSSR count). The molecule has 0 N–H and O–H groups in total. The summed E-state index contributed by atoms with van der Waals surface area (Å²) < 4.78 is 0. The fraction of sp³-hybridized carbons (Fsp3) is 0.208. The molecule has 30 heavy (non-hydrogen) atoms. The summed E-state index contributed by atoms with van der Waals surface area (Å²) in [7, 11) is 0. The Morgan fingerprint density at radius 2 is 1.73 bits per heavy atom. The van der Waals surface area contributed by atoms with E-state index >= 15 is 0 Å². The molecule has 1 saturated heterocycles. The van der Waals surface area contributed by atoms with Crippen LogP contribution < -0.4 is 0 Å². The Labute approximate surface area is 180 Å². The molecule has 0 bridgehead atoms. The van der Waals surface area contributed by atoms with E-state index in [2.05, 4.69) is 50.1 Å². The van der Waals surface area contributed by atoms with Gasteiger partial charge in [0.25, 0.3) is 5.91 Å². The zero-order valence-corrected chi connectivity index (χ0v) is 17.4. The maximum absolute atomic E-state index is 12.5. The molecule has 2 aliphatic rings. The van der Waals surface area contributed by atoms with E-state index in [9.17, 15) is 4.79 Å². The second kappa shape index (κ2) is 8.42. The van der Waals surface area contributed by atoms with Gasteiger partial charge in [0.2, 0.25) is 0 Å². The first-order chi connectivity index (χ1) is 14.7. The van der Waals surface area contributed by atoms with Crippen molar-refractivity contribution in [1.29, 1.82) is 0 Å². The molecule has 0 aliphatic carbocycles. The van der Waals surface area contributed by atoms with E-state index in [0.717, 1.165) is 54.4 Å². The minimum Gasteiger partial charge on any atom is -0.348 e. The second-order valence-corrected chi connectivity index (χ2v) is 8.53. The highest BCUT2D eigenvalue weighted by molar-refractivity contribution is 8.18. The molecule has 3 heterocycles. The molecule has 6 heteroatoms. The SMILES string of the molecule is O=C1N=C(N2CCN(Cc3ccccc3)CC2)S/C1=C\c1cnc2ccccc2c1. The van der Waals surface area contributed by atoms with Crippen LogP contribution in [0.1, 0.15) is 11.1 Å². The minimum atomic E-state index is -0.158. The summed E-state index contributed by atoms with van der Waals surface area (Å²) in [4.78, 5) is 26.6. The van der Waals surface area contributed by atoms with E-state index in [0.29, 0.717) is 4.91 Å². The first-order valence-corrected chi connectivity index (χ1v) is 10.9. The molecule has 1 aromatic heterocycles. The van der Waals surface area contributed by atoms with Gasteiger partial charge >= 0.3 is 0 Å². The maximum atomic E-state index is 12.5. The molecule has 0 saturated carbocycles. The summed E-state index contributed by atoms with van der Waals surface area (Å²) in [6.07, 6.45) is 3.71. The summed E-state index contributed by atoms with van der Waals surface area (Å²) in [6.45, 7) is 4.67. The first kappa shape index (κ1) is 19.0. The van der Waals surface area contributed by atoms with E-state index in [1.807, 2.05) is 42.6 Å². The van der Waals surface area contributed by atoms with Crippen molar-refractivity contribution in [1.82, 2.24) is 14.8 Å². The molecule has 5 nitrogen and oxygen atoms in total. The van der Waals surface area contributed by atoms with Gasteiger partial charge in [-0.05, 0) is 41.1 Å². The van der Waals surface area contributed by atoms with E-state index < -0.39 is 0 Å². The number of benzene rings is 2. The van der Waals surface area contributed by atoms with Crippen molar-refractivity contribution < 1.29 is 4.79 Å². The molecule has 0 unspecified atom stereocenters. The van der Waals surface area contributed by atoms with Gasteiger partial charge in [-0.1, -0.05) is 48.5 Å². The van der Waals surface area contributed by atoms with Crippen LogP contribution in [0.5, 0.6) is 0 Å². The Kier molecular flexibility index (Phi) is 5.34. The number of fused-ring (bicyclic) bond motifs is 1. The number of hydrogen-bond donors (Lipinski definition) is 0. The number of carbonyl (C=O) groups is 1. The van der Waals surface area contributed by atoms with Gasteiger partial charge in [0.15, 0.2) is 5.17 Å². The number of pyridine rings is 1. The Morgan fingerprint density at radius 1 is 0.967 bits per heavy atom. The number of rotatable bonds is 3. The lowest BCUT2D eigenvalue weighted by atomic mass is 10.1. The van der Waals surface area contributed by atoms with Gasteiger partial charge in [-0.15, -0.1) is 0 Å². The van der Waals surface area contributed by atoms with Crippen LogP contribution in [0, 0.1) is 0 Å². The number of amidine groups is 1. The average Bonchev–Trinajstić information content (AvgIpc) is 3.15. The van der Waals surface area contributed by atoms with Crippen molar-refractivity contribution >= 4 is 39.8 Å². The molecule has 0 atom stereocenters. The lowest BCUT2D eigenvalue weighted by Gasteiger charge is -2.35. The number of carbonyl (C=O) groups excluding carboxylic acids is 1. The van der Waals surface area contributed by atoms with Crippen molar-refractivity contribution in [3.8, 4) is 0 Å². The molecule has 0 spiro atoms. The zero-order valence-electron chi connectivity index (χ0n) is 16.6. The lowest BCUT2D eigenvalue weighted by molar-refractivity contribution is -0.113. The van der Waals surface area contributed by atoms with Crippen LogP contribution >= 0.6 is 11.8 Å². The van der Waals surface area contributed by atoms with E-state index in [1.165, 1.54) is 17.3 Å². The number of hydrogen-bond acceptors (Lipinski definition) is 5. The second-order valence-electron chi connectivity index (χ2n) is 7.52. The van der Waals surface area contributed by atoms with Crippen molar-refractivity contribution in [2.45, 2.75) is 6.54 Å². The number of para-hydroxylation sites is 1. The number of aromatic nitrogens is 1. The largest absolute Gasteiger partial charge is 0.348 e. The highest BCUT2D eigenvalue weighted by Crippen LogP contribution is 2.31. The monoisotopic (exact) mass is 414 g/mol. The maximum Gasteiger partial charge on any atom is 0.286 e. The minimum absolute atomic E-state index is 0.158. The third-order valence-corrected chi connectivity index (χ3v) is 6.45. The third kappa shape index (κ3) is 4.15. The fourth-order valence-corrected chi connectivity index (χ4v) is 4.76. The molecule has 1 amide bonds. The zero-order chi connectivity index (χ0) is 20.3. The molecule has 2 aromatic carbocycles. The third-order valence-electron chi connectivity index (χ3n) is 5.41. The number of piperazine rings is 1. The molecule has 1 fully saturated rings. The first-order valence-electron chi connectivity index (χ1n) is 10.1. The predicted octanol–water partition coefficient (Wildman–Crippen LogP) is 4.02. The van der Waals surface area contributed by atoms with Crippen LogP contribution in [0.2, 0.25) is 0 Å². The standard InChI is InChI=1S/C24H22N4OS/c29-23-22(15-19-14-20-8-4-5-9-21(20)25-16-19)30-24(26-23)28-12-10-27(11-13-28)17-18-6-2-1-3-7-18/h1-9,14-16H,10-13,17H2/b22-15-. The van der Waals surface area contributed by atoms with Crippen molar-refractivity contribution in [2.75, 3.05) is 26.2 Å². The summed E-state index contributed by atoms with van der Waals surface area (Å²) >= 11 is 1.47. The predicted molar refractivity (Wildman–Crippen MR) is 123 cm³/mol. The molecule has 3 aromatic rings. The van der Waals surface area contributed by atoms with Gasteiger partial charge in [-0.25, -0.2) is 0 Å². The fourth-order valence-electron chi connectivity index (χ4n) is 3.79.